The van der Waals surface area contributed by atoms with E-state index < -0.39 is 16.1 Å². The van der Waals surface area contributed by atoms with Crippen LogP contribution in [0.15, 0.2) is 48.5 Å². The van der Waals surface area contributed by atoms with E-state index in [2.05, 4.69) is 5.32 Å². The maximum atomic E-state index is 12.6. The minimum atomic E-state index is -3.66. The van der Waals surface area contributed by atoms with Crippen LogP contribution >= 0.6 is 0 Å². The summed E-state index contributed by atoms with van der Waals surface area (Å²) in [6.07, 6.45) is 2.62. The van der Waals surface area contributed by atoms with E-state index >= 15 is 0 Å². The number of hydrogen-bond donors (Lipinski definition) is 1. The zero-order valence-corrected chi connectivity index (χ0v) is 18.7. The molecule has 0 aliphatic heterocycles. The van der Waals surface area contributed by atoms with Gasteiger partial charge in [0.15, 0.2) is 0 Å². The van der Waals surface area contributed by atoms with Crippen molar-refractivity contribution in [2.45, 2.75) is 32.7 Å². The number of carbonyl (C=O) groups excluding carboxylic acids is 1. The molecular weight excluding hydrogens is 404 g/mol. The topological polar surface area (TPSA) is 84.9 Å². The molecule has 0 bridgehead atoms. The summed E-state index contributed by atoms with van der Waals surface area (Å²) in [5.41, 5.74) is 1.53. The normalized spacial score (nSPS) is 12.1. The van der Waals surface area contributed by atoms with Crippen LogP contribution in [0.1, 0.15) is 25.8 Å². The second-order valence-corrected chi connectivity index (χ2v) is 8.77. The summed E-state index contributed by atoms with van der Waals surface area (Å²) >= 11 is 0. The summed E-state index contributed by atoms with van der Waals surface area (Å²) < 4.78 is 36.4. The molecule has 164 valence electrons. The van der Waals surface area contributed by atoms with Gasteiger partial charge in [-0.05, 0) is 56.5 Å². The number of hydrogen-bond acceptors (Lipinski definition) is 5. The predicted molar refractivity (Wildman–Crippen MR) is 119 cm³/mol. The Balaban J connectivity index is 1.95. The van der Waals surface area contributed by atoms with E-state index in [4.69, 9.17) is 9.47 Å². The first kappa shape index (κ1) is 23.5. The molecule has 0 saturated heterocycles. The monoisotopic (exact) mass is 434 g/mol. The number of methoxy groups -OCH3 is 1. The second-order valence-electron chi connectivity index (χ2n) is 6.91. The van der Waals surface area contributed by atoms with E-state index in [0.29, 0.717) is 24.6 Å². The standard InChI is InChI=1S/C22H30N2O5S/c1-5-29-20-13-11-18(12-14-20)8-7-15-23-22(25)17(2)24(30(4,26)27)19-9-6-10-21(16-19)28-3/h6,9-14,16-17H,5,7-8,15H2,1-4H3,(H,23,25)/t17-/m0/s1. The summed E-state index contributed by atoms with van der Waals surface area (Å²) in [5.74, 6) is 1.00. The number of aryl methyl sites for hydroxylation is 1. The van der Waals surface area contributed by atoms with Crippen molar-refractivity contribution in [3.8, 4) is 11.5 Å². The first-order valence-corrected chi connectivity index (χ1v) is 11.7. The molecule has 1 N–H and O–H groups in total. The van der Waals surface area contributed by atoms with E-state index in [0.717, 1.165) is 34.7 Å². The van der Waals surface area contributed by atoms with Gasteiger partial charge in [-0.3, -0.25) is 9.10 Å². The van der Waals surface area contributed by atoms with Gasteiger partial charge >= 0.3 is 0 Å². The molecule has 0 unspecified atom stereocenters. The fourth-order valence-electron chi connectivity index (χ4n) is 3.13. The van der Waals surface area contributed by atoms with Crippen molar-refractivity contribution in [3.63, 3.8) is 0 Å². The van der Waals surface area contributed by atoms with Crippen LogP contribution in [0, 0.1) is 0 Å². The third-order valence-corrected chi connectivity index (χ3v) is 5.81. The quantitative estimate of drug-likeness (QED) is 0.550. The lowest BCUT2D eigenvalue weighted by molar-refractivity contribution is -0.121. The van der Waals surface area contributed by atoms with Gasteiger partial charge in [0.05, 0.1) is 25.7 Å². The number of carbonyl (C=O) groups is 1. The van der Waals surface area contributed by atoms with Crippen molar-refractivity contribution >= 4 is 21.6 Å². The fraction of sp³-hybridized carbons (Fsp3) is 0.409. The highest BCUT2D eigenvalue weighted by molar-refractivity contribution is 7.92. The highest BCUT2D eigenvalue weighted by Crippen LogP contribution is 2.25. The molecule has 7 nitrogen and oxygen atoms in total. The van der Waals surface area contributed by atoms with Gasteiger partial charge in [0.25, 0.3) is 0 Å². The molecule has 0 aliphatic rings. The van der Waals surface area contributed by atoms with Crippen LogP contribution in [0.3, 0.4) is 0 Å². The summed E-state index contributed by atoms with van der Waals surface area (Å²) in [6, 6.07) is 13.6. The van der Waals surface area contributed by atoms with E-state index in [1.165, 1.54) is 7.11 Å². The number of benzene rings is 2. The number of anilines is 1. The zero-order valence-electron chi connectivity index (χ0n) is 17.9. The van der Waals surface area contributed by atoms with Gasteiger partial charge in [-0.1, -0.05) is 18.2 Å². The first-order chi connectivity index (χ1) is 14.3. The molecule has 2 rings (SSSR count). The van der Waals surface area contributed by atoms with Crippen molar-refractivity contribution < 1.29 is 22.7 Å². The van der Waals surface area contributed by atoms with Crippen molar-refractivity contribution in [1.29, 1.82) is 0 Å². The van der Waals surface area contributed by atoms with Crippen LogP contribution in [-0.2, 0) is 21.2 Å². The molecule has 0 radical (unpaired) electrons. The number of nitrogens with zero attached hydrogens (tertiary/aromatic N) is 1. The van der Waals surface area contributed by atoms with E-state index in [9.17, 15) is 13.2 Å². The Morgan fingerprint density at radius 2 is 1.83 bits per heavy atom. The van der Waals surface area contributed by atoms with Gasteiger partial charge in [0, 0.05) is 12.6 Å². The van der Waals surface area contributed by atoms with Gasteiger partial charge in [0.2, 0.25) is 15.9 Å². The zero-order chi connectivity index (χ0) is 22.1. The lowest BCUT2D eigenvalue weighted by Gasteiger charge is -2.28. The van der Waals surface area contributed by atoms with Gasteiger partial charge in [0.1, 0.15) is 17.5 Å². The smallest absolute Gasteiger partial charge is 0.243 e. The third kappa shape index (κ3) is 6.66. The Kier molecular flexibility index (Phi) is 8.53. The van der Waals surface area contributed by atoms with Crippen LogP contribution in [0.5, 0.6) is 11.5 Å². The minimum absolute atomic E-state index is 0.352. The number of nitrogens with one attached hydrogen (secondary N) is 1. The lowest BCUT2D eigenvalue weighted by atomic mass is 10.1. The molecule has 0 spiro atoms. The lowest BCUT2D eigenvalue weighted by Crippen LogP contribution is -2.48. The largest absolute Gasteiger partial charge is 0.497 e. The highest BCUT2D eigenvalue weighted by atomic mass is 32.2. The SMILES string of the molecule is CCOc1ccc(CCCNC(=O)[C@H](C)N(c2cccc(OC)c2)S(C)(=O)=O)cc1. The van der Waals surface area contributed by atoms with Crippen LogP contribution in [0.4, 0.5) is 5.69 Å². The Labute approximate surface area is 179 Å². The summed E-state index contributed by atoms with van der Waals surface area (Å²) in [6.45, 7) is 4.59. The van der Waals surface area contributed by atoms with Gasteiger partial charge < -0.3 is 14.8 Å². The van der Waals surface area contributed by atoms with Crippen molar-refractivity contribution in [1.82, 2.24) is 5.32 Å². The van der Waals surface area contributed by atoms with Gasteiger partial charge in [-0.15, -0.1) is 0 Å². The molecule has 0 saturated carbocycles. The molecule has 0 heterocycles. The minimum Gasteiger partial charge on any atom is -0.497 e. The van der Waals surface area contributed by atoms with Gasteiger partial charge in [-0.25, -0.2) is 8.42 Å². The predicted octanol–water partition coefficient (Wildman–Crippen LogP) is 3.00. The van der Waals surface area contributed by atoms with Crippen molar-refractivity contribution in [3.05, 3.63) is 54.1 Å². The van der Waals surface area contributed by atoms with Gasteiger partial charge in [-0.2, -0.15) is 0 Å². The molecule has 2 aromatic carbocycles. The first-order valence-electron chi connectivity index (χ1n) is 9.89. The average Bonchev–Trinajstić information content (AvgIpc) is 2.71. The van der Waals surface area contributed by atoms with Crippen LogP contribution in [0.25, 0.3) is 0 Å². The third-order valence-electron chi connectivity index (χ3n) is 4.57. The summed E-state index contributed by atoms with van der Waals surface area (Å²) in [7, 11) is -2.16. The van der Waals surface area contributed by atoms with Crippen molar-refractivity contribution in [2.75, 3.05) is 30.8 Å². The van der Waals surface area contributed by atoms with Crippen LogP contribution in [0.2, 0.25) is 0 Å². The average molecular weight is 435 g/mol. The Morgan fingerprint density at radius 1 is 1.13 bits per heavy atom. The summed E-state index contributed by atoms with van der Waals surface area (Å²) in [4.78, 5) is 12.6. The second kappa shape index (κ2) is 10.9. The maximum absolute atomic E-state index is 12.6. The van der Waals surface area contributed by atoms with E-state index in [1.54, 1.807) is 31.2 Å². The molecule has 1 amide bonds. The van der Waals surface area contributed by atoms with Crippen LogP contribution in [-0.4, -0.2) is 46.9 Å². The Bertz CT molecular complexity index is 929. The van der Waals surface area contributed by atoms with Crippen molar-refractivity contribution in [2.24, 2.45) is 0 Å². The van der Waals surface area contributed by atoms with E-state index in [-0.39, 0.29) is 5.91 Å². The Morgan fingerprint density at radius 3 is 2.43 bits per heavy atom. The molecule has 30 heavy (non-hydrogen) atoms. The molecule has 1 atom stereocenters. The van der Waals surface area contributed by atoms with Crippen LogP contribution < -0.4 is 19.1 Å². The molecule has 0 aromatic heterocycles. The number of rotatable bonds is 11. The molecule has 8 heteroatoms. The molecule has 2 aromatic rings. The highest BCUT2D eigenvalue weighted by Gasteiger charge is 2.29. The van der Waals surface area contributed by atoms with E-state index in [1.807, 2.05) is 31.2 Å². The number of amides is 1. The molecule has 0 fully saturated rings. The number of ether oxygens (including phenoxy) is 2. The maximum Gasteiger partial charge on any atom is 0.243 e. The molecule has 0 aliphatic carbocycles. The Hall–Kier alpha value is -2.74. The number of sulfonamides is 1. The fourth-order valence-corrected chi connectivity index (χ4v) is 4.29. The summed E-state index contributed by atoms with van der Waals surface area (Å²) in [5, 5.41) is 2.83. The molecular formula is C22H30N2O5S.